The number of rotatable bonds is 6. The van der Waals surface area contributed by atoms with Gasteiger partial charge in [0.2, 0.25) is 18.8 Å². The lowest BCUT2D eigenvalue weighted by atomic mass is 9.96. The van der Waals surface area contributed by atoms with Gasteiger partial charge in [-0.25, -0.2) is 0 Å². The Morgan fingerprint density at radius 3 is 1.88 bits per heavy atom. The lowest BCUT2D eigenvalue weighted by Gasteiger charge is -2.35. The molecule has 0 saturated carbocycles. The molecule has 0 bridgehead atoms. The largest absolute Gasteiger partial charge is 0.436 e. The van der Waals surface area contributed by atoms with Gasteiger partial charge in [-0.15, -0.1) is 0 Å². The molecule has 0 aliphatic carbocycles. The maximum Gasteiger partial charge on any atom is 0.360 e. The molecule has 0 spiro atoms. The van der Waals surface area contributed by atoms with Gasteiger partial charge in [0.1, 0.15) is 0 Å². The summed E-state index contributed by atoms with van der Waals surface area (Å²) < 4.78 is 18.3. The summed E-state index contributed by atoms with van der Waals surface area (Å²) in [7, 11) is -2.89. The van der Waals surface area contributed by atoms with Crippen molar-refractivity contribution in [1.82, 2.24) is 0 Å². The van der Waals surface area contributed by atoms with Gasteiger partial charge in [-0.05, 0) is 105 Å². The minimum atomic E-state index is -2.37. The van der Waals surface area contributed by atoms with Crippen molar-refractivity contribution in [1.29, 1.82) is 0 Å². The highest BCUT2D eigenvalue weighted by molar-refractivity contribution is 6.93. The minimum absolute atomic E-state index is 1.25. The van der Waals surface area contributed by atoms with Crippen LogP contribution in [-0.2, 0) is 12.3 Å². The van der Waals surface area contributed by atoms with E-state index in [1.54, 1.807) is 0 Å². The van der Waals surface area contributed by atoms with Crippen LogP contribution in [0.25, 0.3) is 43.1 Å². The van der Waals surface area contributed by atoms with Crippen molar-refractivity contribution in [3.05, 3.63) is 78.9 Å². The number of benzene rings is 5. The molecule has 5 rings (SSSR count). The highest BCUT2D eigenvalue weighted by atomic mass is 28.5. The van der Waals surface area contributed by atoms with Gasteiger partial charge in [0, 0.05) is 0 Å². The third-order valence-corrected chi connectivity index (χ3v) is 16.4. The monoisotopic (exact) mass is 512 g/mol. The van der Waals surface area contributed by atoms with Crippen LogP contribution in [-0.4, -0.2) is 36.6 Å². The fourth-order valence-electron chi connectivity index (χ4n) is 5.10. The molecule has 0 unspecified atom stereocenters. The average Bonchev–Trinajstić information content (AvgIpc) is 2.80. The van der Waals surface area contributed by atoms with Gasteiger partial charge in [0.25, 0.3) is 0 Å². The van der Waals surface area contributed by atoms with Crippen LogP contribution in [0.1, 0.15) is 0 Å². The predicted octanol–water partition coefficient (Wildman–Crippen LogP) is 6.66. The fraction of sp³-hybridized carbons (Fsp3) is 0.185. The molecule has 5 aromatic carbocycles. The Labute approximate surface area is 208 Å². The quantitative estimate of drug-likeness (QED) is 0.145. The number of hydrogen-bond acceptors (Lipinski definition) is 3. The minimum Gasteiger partial charge on any atom is -0.436 e. The summed E-state index contributed by atoms with van der Waals surface area (Å²) in [6.45, 7) is 10.7. The maximum absolute atomic E-state index is 6.83. The van der Waals surface area contributed by atoms with Crippen molar-refractivity contribution in [2.45, 2.75) is 32.7 Å². The highest BCUT2D eigenvalue weighted by Gasteiger charge is 2.38. The molecule has 5 aromatic rings. The van der Waals surface area contributed by atoms with Crippen LogP contribution >= 0.6 is 0 Å². The summed E-state index contributed by atoms with van der Waals surface area (Å²) in [5.74, 6) is 0. The molecule has 3 nitrogen and oxygen atoms in total. The zero-order valence-electron chi connectivity index (χ0n) is 20.2. The lowest BCUT2D eigenvalue weighted by molar-refractivity contribution is 0.363. The summed E-state index contributed by atoms with van der Waals surface area (Å²) in [6.07, 6.45) is 0. The standard InChI is InChI=1S/C27H28O3Si4/c1-32(28-31)29-34(4,5)30-33(2,3)27-12-8-11-21-16-23-14-13-22-15-19-9-6-7-10-20(19)17-24(22)25(23)18-26(21)27/h6-18H,1-5H3. The van der Waals surface area contributed by atoms with Crippen molar-refractivity contribution >= 4 is 84.9 Å². The SMILES string of the molecule is C[Si](O[Si])O[Si](C)(C)O[Si](C)(C)c1cccc2cc3ccc4cc5ccccc5cc4c3cc12. The van der Waals surface area contributed by atoms with E-state index in [-0.39, 0.29) is 0 Å². The molecule has 0 heterocycles. The first-order chi connectivity index (χ1) is 16.2. The van der Waals surface area contributed by atoms with Gasteiger partial charge in [0.15, 0.2) is 0 Å². The van der Waals surface area contributed by atoms with Crippen LogP contribution in [0.3, 0.4) is 0 Å². The Morgan fingerprint density at radius 2 is 1.21 bits per heavy atom. The van der Waals surface area contributed by atoms with E-state index in [1.165, 1.54) is 48.3 Å². The average molecular weight is 513 g/mol. The molecule has 0 fully saturated rings. The zero-order chi connectivity index (χ0) is 24.1. The van der Waals surface area contributed by atoms with Crippen LogP contribution in [0.15, 0.2) is 78.9 Å². The van der Waals surface area contributed by atoms with E-state index in [0.29, 0.717) is 0 Å². The molecular formula is C27H28O3Si4. The zero-order valence-corrected chi connectivity index (χ0v) is 24.2. The molecule has 0 amide bonds. The Balaban J connectivity index is 1.69. The Hall–Kier alpha value is -2.11. The second-order valence-corrected chi connectivity index (χ2v) is 19.6. The molecule has 0 saturated heterocycles. The van der Waals surface area contributed by atoms with Gasteiger partial charge in [-0.1, -0.05) is 54.6 Å². The van der Waals surface area contributed by atoms with E-state index in [4.69, 9.17) is 12.3 Å². The van der Waals surface area contributed by atoms with Gasteiger partial charge >= 0.3 is 17.8 Å². The Bertz CT molecular complexity index is 1530. The van der Waals surface area contributed by atoms with Crippen molar-refractivity contribution in [2.75, 3.05) is 0 Å². The van der Waals surface area contributed by atoms with E-state index in [9.17, 15) is 0 Å². The van der Waals surface area contributed by atoms with E-state index in [2.05, 4.69) is 116 Å². The first-order valence-corrected chi connectivity index (χ1v) is 19.5. The normalized spacial score (nSPS) is 13.0. The molecule has 0 N–H and O–H groups in total. The van der Waals surface area contributed by atoms with Crippen LogP contribution in [0.2, 0.25) is 32.7 Å². The maximum atomic E-state index is 6.83. The summed E-state index contributed by atoms with van der Waals surface area (Å²) in [5.41, 5.74) is 0. The highest BCUT2D eigenvalue weighted by Crippen LogP contribution is 2.32. The molecule has 0 aliphatic heterocycles. The first-order valence-electron chi connectivity index (χ1n) is 11.5. The molecular weight excluding hydrogens is 485 g/mol. The fourth-order valence-corrected chi connectivity index (χ4v) is 15.7. The molecule has 0 aromatic heterocycles. The number of hydrogen-bond donors (Lipinski definition) is 0. The van der Waals surface area contributed by atoms with Gasteiger partial charge in [-0.3, -0.25) is 0 Å². The molecule has 4 radical (unpaired) electrons. The third kappa shape index (κ3) is 4.45. The summed E-state index contributed by atoms with van der Waals surface area (Å²) in [6, 6.07) is 29.0. The van der Waals surface area contributed by atoms with E-state index in [0.717, 1.165) is 0 Å². The van der Waals surface area contributed by atoms with Crippen molar-refractivity contribution in [3.63, 3.8) is 0 Å². The van der Waals surface area contributed by atoms with E-state index in [1.807, 2.05) is 6.55 Å². The Morgan fingerprint density at radius 1 is 0.647 bits per heavy atom. The summed E-state index contributed by atoms with van der Waals surface area (Å²) in [5, 5.41) is 11.5. The van der Waals surface area contributed by atoms with Gasteiger partial charge < -0.3 is 12.3 Å². The molecule has 170 valence electrons. The molecule has 7 heteroatoms. The number of fused-ring (bicyclic) bond motifs is 5. The Kier molecular flexibility index (Phi) is 6.14. The summed E-state index contributed by atoms with van der Waals surface area (Å²) in [4.78, 5) is 0. The van der Waals surface area contributed by atoms with E-state index >= 15 is 0 Å². The van der Waals surface area contributed by atoms with Crippen LogP contribution in [0.5, 0.6) is 0 Å². The smallest absolute Gasteiger partial charge is 0.360 e. The first kappa shape index (κ1) is 23.6. The van der Waals surface area contributed by atoms with Crippen LogP contribution in [0, 0.1) is 0 Å². The van der Waals surface area contributed by atoms with Crippen LogP contribution < -0.4 is 5.19 Å². The molecule has 0 aliphatic rings. The lowest BCUT2D eigenvalue weighted by Crippen LogP contribution is -2.55. The van der Waals surface area contributed by atoms with Gasteiger partial charge in [0.05, 0.1) is 0 Å². The van der Waals surface area contributed by atoms with Crippen LogP contribution in [0.4, 0.5) is 0 Å². The molecule has 0 atom stereocenters. The van der Waals surface area contributed by atoms with Crippen molar-refractivity contribution in [3.8, 4) is 0 Å². The second-order valence-electron chi connectivity index (χ2n) is 9.79. The third-order valence-electron chi connectivity index (χ3n) is 6.38. The predicted molar refractivity (Wildman–Crippen MR) is 152 cm³/mol. The van der Waals surface area contributed by atoms with Crippen molar-refractivity contribution in [2.24, 2.45) is 0 Å². The summed E-state index contributed by atoms with van der Waals surface area (Å²) >= 11 is 0. The van der Waals surface area contributed by atoms with Gasteiger partial charge in [-0.2, -0.15) is 0 Å². The van der Waals surface area contributed by atoms with E-state index < -0.39 is 26.2 Å². The molecule has 34 heavy (non-hydrogen) atoms. The van der Waals surface area contributed by atoms with Crippen molar-refractivity contribution < 1.29 is 12.3 Å². The topological polar surface area (TPSA) is 27.7 Å². The second kappa shape index (κ2) is 8.83.